The minimum absolute atomic E-state index is 0.147. The van der Waals surface area contributed by atoms with E-state index in [9.17, 15) is 14.7 Å². The van der Waals surface area contributed by atoms with Gasteiger partial charge in [0.15, 0.2) is 6.10 Å². The maximum atomic E-state index is 11.5. The van der Waals surface area contributed by atoms with Gasteiger partial charge in [0.05, 0.1) is 19.6 Å². The highest BCUT2D eigenvalue weighted by atomic mass is 16.5. The number of aliphatic hydroxyl groups excluding tert-OH is 1. The predicted molar refractivity (Wildman–Crippen MR) is 58.5 cm³/mol. The first-order chi connectivity index (χ1) is 7.56. The molecule has 0 aliphatic carbocycles. The second kappa shape index (κ2) is 8.06. The van der Waals surface area contributed by atoms with Gasteiger partial charge < -0.3 is 20.9 Å². The summed E-state index contributed by atoms with van der Waals surface area (Å²) in [4.78, 5) is 22.4. The van der Waals surface area contributed by atoms with Crippen LogP contribution in [0.1, 0.15) is 19.8 Å². The minimum Gasteiger partial charge on any atom is -0.467 e. The third-order valence-corrected chi connectivity index (χ3v) is 2.24. The SMILES string of the molecule is CCCC(CN)C(=O)NCC(O)C(=O)OC. The van der Waals surface area contributed by atoms with Gasteiger partial charge in [0.2, 0.25) is 5.91 Å². The van der Waals surface area contributed by atoms with Crippen LogP contribution < -0.4 is 11.1 Å². The molecule has 2 unspecified atom stereocenters. The van der Waals surface area contributed by atoms with Gasteiger partial charge in [0, 0.05) is 6.54 Å². The smallest absolute Gasteiger partial charge is 0.336 e. The van der Waals surface area contributed by atoms with Crippen LogP contribution in [-0.2, 0) is 14.3 Å². The highest BCUT2D eigenvalue weighted by Crippen LogP contribution is 2.04. The molecule has 6 heteroatoms. The Balaban J connectivity index is 3.99. The lowest BCUT2D eigenvalue weighted by molar-refractivity contribution is -0.150. The van der Waals surface area contributed by atoms with Crippen molar-refractivity contribution < 1.29 is 19.4 Å². The number of hydrogen-bond acceptors (Lipinski definition) is 5. The molecule has 0 saturated heterocycles. The lowest BCUT2D eigenvalue weighted by Crippen LogP contribution is -2.41. The number of methoxy groups -OCH3 is 1. The number of aliphatic hydroxyl groups is 1. The molecule has 4 N–H and O–H groups in total. The Kier molecular flexibility index (Phi) is 7.49. The zero-order valence-corrected chi connectivity index (χ0v) is 9.73. The molecule has 6 nitrogen and oxygen atoms in total. The number of rotatable bonds is 7. The largest absolute Gasteiger partial charge is 0.467 e. The number of nitrogens with two attached hydrogens (primary N) is 1. The van der Waals surface area contributed by atoms with Gasteiger partial charge in [-0.15, -0.1) is 0 Å². The van der Waals surface area contributed by atoms with Crippen molar-refractivity contribution in [1.82, 2.24) is 5.32 Å². The van der Waals surface area contributed by atoms with Gasteiger partial charge in [0.1, 0.15) is 0 Å². The van der Waals surface area contributed by atoms with E-state index >= 15 is 0 Å². The van der Waals surface area contributed by atoms with Crippen LogP contribution in [0, 0.1) is 5.92 Å². The molecule has 0 aliphatic heterocycles. The summed E-state index contributed by atoms with van der Waals surface area (Å²) < 4.78 is 4.31. The summed E-state index contributed by atoms with van der Waals surface area (Å²) in [7, 11) is 1.17. The van der Waals surface area contributed by atoms with E-state index in [-0.39, 0.29) is 24.9 Å². The fourth-order valence-corrected chi connectivity index (χ4v) is 1.27. The highest BCUT2D eigenvalue weighted by Gasteiger charge is 2.19. The predicted octanol–water partition coefficient (Wildman–Crippen LogP) is -0.988. The first-order valence-electron chi connectivity index (χ1n) is 5.30. The third kappa shape index (κ3) is 5.09. The average Bonchev–Trinajstić information content (AvgIpc) is 2.31. The van der Waals surface area contributed by atoms with Gasteiger partial charge in [-0.2, -0.15) is 0 Å². The van der Waals surface area contributed by atoms with Crippen LogP contribution >= 0.6 is 0 Å². The minimum atomic E-state index is -1.32. The Bertz CT molecular complexity index is 233. The second-order valence-corrected chi connectivity index (χ2v) is 3.51. The summed E-state index contributed by atoms with van der Waals surface area (Å²) in [6.07, 6.45) is 0.222. The first-order valence-corrected chi connectivity index (χ1v) is 5.30. The number of carbonyl (C=O) groups excluding carboxylic acids is 2. The van der Waals surface area contributed by atoms with Crippen molar-refractivity contribution >= 4 is 11.9 Å². The summed E-state index contributed by atoms with van der Waals surface area (Å²) in [5.74, 6) is -1.28. The zero-order chi connectivity index (χ0) is 12.6. The van der Waals surface area contributed by atoms with Crippen LogP contribution in [0.3, 0.4) is 0 Å². The number of nitrogens with one attached hydrogen (secondary N) is 1. The van der Waals surface area contributed by atoms with E-state index in [0.29, 0.717) is 6.42 Å². The van der Waals surface area contributed by atoms with Crippen LogP contribution in [-0.4, -0.2) is 43.3 Å². The summed E-state index contributed by atoms with van der Waals surface area (Å²) in [6, 6.07) is 0. The quantitative estimate of drug-likeness (QED) is 0.489. The van der Waals surface area contributed by atoms with Gasteiger partial charge in [0.25, 0.3) is 0 Å². The topological polar surface area (TPSA) is 102 Å². The average molecular weight is 232 g/mol. The molecule has 0 bridgehead atoms. The molecule has 1 amide bonds. The summed E-state index contributed by atoms with van der Waals surface area (Å²) in [5, 5.41) is 11.7. The molecule has 94 valence electrons. The van der Waals surface area contributed by atoms with Gasteiger partial charge in [-0.1, -0.05) is 13.3 Å². The molecule has 2 atom stereocenters. The monoisotopic (exact) mass is 232 g/mol. The van der Waals surface area contributed by atoms with Crippen LogP contribution in [0.5, 0.6) is 0 Å². The molecule has 0 aromatic heterocycles. The molecule has 0 heterocycles. The van der Waals surface area contributed by atoms with E-state index in [1.54, 1.807) is 0 Å². The van der Waals surface area contributed by atoms with Crippen molar-refractivity contribution in [2.75, 3.05) is 20.2 Å². The zero-order valence-electron chi connectivity index (χ0n) is 9.73. The Morgan fingerprint density at radius 1 is 1.50 bits per heavy atom. The van der Waals surface area contributed by atoms with Gasteiger partial charge in [-0.05, 0) is 6.42 Å². The van der Waals surface area contributed by atoms with E-state index in [1.165, 1.54) is 7.11 Å². The van der Waals surface area contributed by atoms with Crippen LogP contribution in [0.4, 0.5) is 0 Å². The van der Waals surface area contributed by atoms with Crippen molar-refractivity contribution in [3.8, 4) is 0 Å². The number of amides is 1. The molecule has 0 radical (unpaired) electrons. The van der Waals surface area contributed by atoms with E-state index < -0.39 is 12.1 Å². The molecule has 0 aromatic carbocycles. The molecule has 0 aromatic rings. The lowest BCUT2D eigenvalue weighted by atomic mass is 10.0. The van der Waals surface area contributed by atoms with Crippen molar-refractivity contribution in [1.29, 1.82) is 0 Å². The first kappa shape index (κ1) is 14.9. The van der Waals surface area contributed by atoms with E-state index in [1.807, 2.05) is 6.92 Å². The van der Waals surface area contributed by atoms with Gasteiger partial charge in [-0.25, -0.2) is 4.79 Å². The molecular weight excluding hydrogens is 212 g/mol. The van der Waals surface area contributed by atoms with Gasteiger partial charge in [-0.3, -0.25) is 4.79 Å². The summed E-state index contributed by atoms with van der Waals surface area (Å²) in [6.45, 7) is 2.07. The molecule has 0 rings (SSSR count). The van der Waals surface area contributed by atoms with Crippen molar-refractivity contribution in [3.05, 3.63) is 0 Å². The standard InChI is InChI=1S/C10H20N2O4/c1-3-4-7(5-11)9(14)12-6-8(13)10(15)16-2/h7-8,13H,3-6,11H2,1-2H3,(H,12,14). The van der Waals surface area contributed by atoms with E-state index in [0.717, 1.165) is 6.42 Å². The molecule has 0 aliphatic rings. The van der Waals surface area contributed by atoms with Crippen molar-refractivity contribution in [3.63, 3.8) is 0 Å². The van der Waals surface area contributed by atoms with Crippen molar-refractivity contribution in [2.45, 2.75) is 25.9 Å². The maximum absolute atomic E-state index is 11.5. The summed E-state index contributed by atoms with van der Waals surface area (Å²) in [5.41, 5.74) is 5.44. The number of carbonyl (C=O) groups is 2. The summed E-state index contributed by atoms with van der Waals surface area (Å²) >= 11 is 0. The highest BCUT2D eigenvalue weighted by molar-refractivity contribution is 5.80. The second-order valence-electron chi connectivity index (χ2n) is 3.51. The molecule has 0 spiro atoms. The van der Waals surface area contributed by atoms with Crippen LogP contribution in [0.15, 0.2) is 0 Å². The number of ether oxygens (including phenoxy) is 1. The van der Waals surface area contributed by atoms with E-state index in [4.69, 9.17) is 5.73 Å². The Morgan fingerprint density at radius 3 is 2.56 bits per heavy atom. The van der Waals surface area contributed by atoms with E-state index in [2.05, 4.69) is 10.1 Å². The maximum Gasteiger partial charge on any atom is 0.336 e. The molecule has 0 saturated carbocycles. The number of hydrogen-bond donors (Lipinski definition) is 3. The van der Waals surface area contributed by atoms with Gasteiger partial charge >= 0.3 is 5.97 Å². The molecule has 16 heavy (non-hydrogen) atoms. The molecular formula is C10H20N2O4. The number of esters is 1. The van der Waals surface area contributed by atoms with Crippen LogP contribution in [0.25, 0.3) is 0 Å². The fraction of sp³-hybridized carbons (Fsp3) is 0.800. The normalized spacial score (nSPS) is 14.0. The fourth-order valence-electron chi connectivity index (χ4n) is 1.27. The van der Waals surface area contributed by atoms with Crippen LogP contribution in [0.2, 0.25) is 0 Å². The Labute approximate surface area is 95.1 Å². The lowest BCUT2D eigenvalue weighted by Gasteiger charge is -2.15. The Hall–Kier alpha value is -1.14. The van der Waals surface area contributed by atoms with Crippen molar-refractivity contribution in [2.24, 2.45) is 11.7 Å². The Morgan fingerprint density at radius 2 is 2.12 bits per heavy atom. The third-order valence-electron chi connectivity index (χ3n) is 2.24. The molecule has 0 fully saturated rings.